The molecule has 0 radical (unpaired) electrons. The number of ether oxygens (including phenoxy) is 2. The first-order valence-corrected chi connectivity index (χ1v) is 8.39. The van der Waals surface area contributed by atoms with Crippen molar-refractivity contribution in [1.82, 2.24) is 0 Å². The van der Waals surface area contributed by atoms with Gasteiger partial charge in [-0.15, -0.1) is 0 Å². The Kier molecular flexibility index (Phi) is 7.28. The predicted molar refractivity (Wildman–Crippen MR) is 104 cm³/mol. The van der Waals surface area contributed by atoms with E-state index in [1.165, 1.54) is 26.4 Å². The third kappa shape index (κ3) is 6.06. The van der Waals surface area contributed by atoms with Crippen LogP contribution in [0.2, 0.25) is 0 Å². The van der Waals surface area contributed by atoms with Gasteiger partial charge in [-0.2, -0.15) is 0 Å². The van der Waals surface area contributed by atoms with Gasteiger partial charge in [0.1, 0.15) is 0 Å². The Morgan fingerprint density at radius 3 is 1.56 bits per heavy atom. The van der Waals surface area contributed by atoms with Crippen LogP contribution in [0, 0.1) is 0 Å². The lowest BCUT2D eigenvalue weighted by atomic mass is 10.1. The van der Waals surface area contributed by atoms with E-state index < -0.39 is 12.2 Å². The highest BCUT2D eigenvalue weighted by Crippen LogP contribution is 2.27. The highest BCUT2D eigenvalue weighted by molar-refractivity contribution is 5.57. The predicted octanol–water partition coefficient (Wildman–Crippen LogP) is 2.95. The van der Waals surface area contributed by atoms with Crippen LogP contribution >= 0.6 is 0 Å². The Morgan fingerprint density at radius 1 is 0.778 bits per heavy atom. The van der Waals surface area contributed by atoms with Gasteiger partial charge in [0.2, 0.25) is 0 Å². The number of phenolic OH excluding ortho intramolecular Hbond substituents is 2. The van der Waals surface area contributed by atoms with Gasteiger partial charge in [-0.05, 0) is 35.4 Å². The van der Waals surface area contributed by atoms with Crippen molar-refractivity contribution in [3.05, 3.63) is 59.7 Å². The number of hydrogen-bond acceptors (Lipinski definition) is 6. The fraction of sp³-hybridized carbons (Fsp3) is 0.238. The molecule has 2 unspecified atom stereocenters. The van der Waals surface area contributed by atoms with Crippen molar-refractivity contribution in [2.24, 2.45) is 0 Å². The Morgan fingerprint density at radius 2 is 1.19 bits per heavy atom. The van der Waals surface area contributed by atoms with Gasteiger partial charge in [-0.3, -0.25) is 0 Å². The maximum atomic E-state index is 10.1. The van der Waals surface area contributed by atoms with E-state index >= 15 is 0 Å². The summed E-state index contributed by atoms with van der Waals surface area (Å²) in [7, 11) is 2.92. The molecule has 2 atom stereocenters. The molecule has 6 heteroatoms. The fourth-order valence-corrected chi connectivity index (χ4v) is 2.44. The molecule has 27 heavy (non-hydrogen) atoms. The van der Waals surface area contributed by atoms with E-state index in [-0.39, 0.29) is 17.9 Å². The molecule has 0 bridgehead atoms. The summed E-state index contributed by atoms with van der Waals surface area (Å²) in [6, 6.07) is 9.69. The van der Waals surface area contributed by atoms with E-state index in [1.807, 2.05) is 0 Å². The normalized spacial score (nSPS) is 13.8. The lowest BCUT2D eigenvalue weighted by Crippen LogP contribution is -2.13. The molecule has 0 saturated carbocycles. The first-order valence-electron chi connectivity index (χ1n) is 8.39. The van der Waals surface area contributed by atoms with E-state index in [1.54, 1.807) is 48.6 Å². The Balaban J connectivity index is 1.94. The van der Waals surface area contributed by atoms with Crippen molar-refractivity contribution in [3.63, 3.8) is 0 Å². The molecule has 0 heterocycles. The summed E-state index contributed by atoms with van der Waals surface area (Å²) in [6.45, 7) is 0. The second kappa shape index (κ2) is 9.66. The van der Waals surface area contributed by atoms with Gasteiger partial charge in [0.05, 0.1) is 26.4 Å². The molecule has 0 aliphatic rings. The van der Waals surface area contributed by atoms with Gasteiger partial charge in [0.25, 0.3) is 0 Å². The quantitative estimate of drug-likeness (QED) is 0.569. The number of phenols is 2. The number of aliphatic hydroxyl groups excluding tert-OH is 2. The molecule has 4 N–H and O–H groups in total. The molecule has 6 nitrogen and oxygen atoms in total. The topological polar surface area (TPSA) is 99.4 Å². The van der Waals surface area contributed by atoms with Crippen LogP contribution in [0.5, 0.6) is 23.0 Å². The summed E-state index contributed by atoms with van der Waals surface area (Å²) in [5.41, 5.74) is 1.51. The Labute approximate surface area is 158 Å². The van der Waals surface area contributed by atoms with Crippen LogP contribution in [0.15, 0.2) is 48.6 Å². The number of methoxy groups -OCH3 is 2. The van der Waals surface area contributed by atoms with Crippen LogP contribution in [0.25, 0.3) is 12.2 Å². The van der Waals surface area contributed by atoms with Crippen molar-refractivity contribution in [2.75, 3.05) is 14.2 Å². The molecule has 2 rings (SSSR count). The summed E-state index contributed by atoms with van der Waals surface area (Å²) in [5.74, 6) is 0.779. The SMILES string of the molecule is COc1cc(/C=C/C(O)CC(O)/C=C/c2ccc(O)c(OC)c2)ccc1O. The number of aromatic hydroxyl groups is 2. The molecule has 0 aliphatic heterocycles. The van der Waals surface area contributed by atoms with Gasteiger partial charge in [0, 0.05) is 6.42 Å². The van der Waals surface area contributed by atoms with Crippen LogP contribution < -0.4 is 9.47 Å². The van der Waals surface area contributed by atoms with Gasteiger partial charge < -0.3 is 29.9 Å². The monoisotopic (exact) mass is 372 g/mol. The third-order valence-corrected chi connectivity index (χ3v) is 3.91. The minimum Gasteiger partial charge on any atom is -0.504 e. The molecule has 0 spiro atoms. The average Bonchev–Trinajstić information content (AvgIpc) is 2.66. The molecule has 2 aromatic rings. The van der Waals surface area contributed by atoms with Crippen LogP contribution in [0.1, 0.15) is 17.5 Å². The van der Waals surface area contributed by atoms with Crippen molar-refractivity contribution >= 4 is 12.2 Å². The molecule has 144 valence electrons. The van der Waals surface area contributed by atoms with Gasteiger partial charge >= 0.3 is 0 Å². The first kappa shape index (κ1) is 20.4. The van der Waals surface area contributed by atoms with Crippen LogP contribution in [-0.2, 0) is 0 Å². The molecule has 0 aromatic heterocycles. The first-order chi connectivity index (χ1) is 12.9. The smallest absolute Gasteiger partial charge is 0.161 e. The molecule has 2 aromatic carbocycles. The maximum Gasteiger partial charge on any atom is 0.161 e. The summed E-state index contributed by atoms with van der Waals surface area (Å²) < 4.78 is 10.1. The number of benzene rings is 2. The van der Waals surface area contributed by atoms with Crippen molar-refractivity contribution in [1.29, 1.82) is 0 Å². The molecular weight excluding hydrogens is 348 g/mol. The average molecular weight is 372 g/mol. The largest absolute Gasteiger partial charge is 0.504 e. The number of hydrogen-bond donors (Lipinski definition) is 4. The highest BCUT2D eigenvalue weighted by atomic mass is 16.5. The van der Waals surface area contributed by atoms with Crippen LogP contribution in [-0.4, -0.2) is 46.9 Å². The number of aliphatic hydroxyl groups is 2. The number of rotatable bonds is 8. The fourth-order valence-electron chi connectivity index (χ4n) is 2.44. The minimum absolute atomic E-state index is 0.0432. The molecule has 0 amide bonds. The van der Waals surface area contributed by atoms with Gasteiger partial charge in [-0.25, -0.2) is 0 Å². The Hall–Kier alpha value is -2.96. The zero-order chi connectivity index (χ0) is 19.8. The second-order valence-electron chi connectivity index (χ2n) is 5.95. The van der Waals surface area contributed by atoms with E-state index in [0.29, 0.717) is 11.5 Å². The Bertz CT molecular complexity index is 745. The van der Waals surface area contributed by atoms with Crippen molar-refractivity contribution in [3.8, 4) is 23.0 Å². The molecule has 0 fully saturated rings. The zero-order valence-electron chi connectivity index (χ0n) is 15.2. The zero-order valence-corrected chi connectivity index (χ0v) is 15.2. The summed E-state index contributed by atoms with van der Waals surface area (Å²) >= 11 is 0. The minimum atomic E-state index is -0.848. The van der Waals surface area contributed by atoms with E-state index in [0.717, 1.165) is 11.1 Å². The third-order valence-electron chi connectivity index (χ3n) is 3.91. The maximum absolute atomic E-state index is 10.1. The second-order valence-corrected chi connectivity index (χ2v) is 5.95. The standard InChI is InChI=1S/C21H24O6/c1-26-20-11-14(5-9-18(20)24)3-7-16(22)13-17(23)8-4-15-6-10-19(25)21(12-15)27-2/h3-12,16-17,22-25H,13H2,1-2H3/b7-3+,8-4+. The summed E-state index contributed by atoms with van der Waals surface area (Å²) in [6.07, 6.45) is 4.93. The van der Waals surface area contributed by atoms with Crippen LogP contribution in [0.3, 0.4) is 0 Å². The summed E-state index contributed by atoms with van der Waals surface area (Å²) in [5, 5.41) is 39.3. The van der Waals surface area contributed by atoms with Gasteiger partial charge in [-0.1, -0.05) is 36.4 Å². The highest BCUT2D eigenvalue weighted by Gasteiger charge is 2.07. The van der Waals surface area contributed by atoms with Crippen molar-refractivity contribution in [2.45, 2.75) is 18.6 Å². The van der Waals surface area contributed by atoms with Crippen molar-refractivity contribution < 1.29 is 29.9 Å². The lowest BCUT2D eigenvalue weighted by Gasteiger charge is -2.10. The van der Waals surface area contributed by atoms with Crippen LogP contribution in [0.4, 0.5) is 0 Å². The van der Waals surface area contributed by atoms with Gasteiger partial charge in [0.15, 0.2) is 23.0 Å². The molecule has 0 aliphatic carbocycles. The lowest BCUT2D eigenvalue weighted by molar-refractivity contribution is 0.134. The van der Waals surface area contributed by atoms with E-state index in [4.69, 9.17) is 9.47 Å². The van der Waals surface area contributed by atoms with E-state index in [2.05, 4.69) is 0 Å². The van der Waals surface area contributed by atoms with E-state index in [9.17, 15) is 20.4 Å². The summed E-state index contributed by atoms with van der Waals surface area (Å²) in [4.78, 5) is 0. The molecular formula is C21H24O6. The molecule has 0 saturated heterocycles.